The molecule has 3 rings (SSSR count). The SMILES string of the molecule is CCCCN(CCCC)N(C(=O)OCC)C1C(=O)C(=O)C1Oc1ccc(Oc2cccc(Cl)c2)cc1. The number of amides is 1. The molecule has 0 N–H and O–H groups in total. The average Bonchev–Trinajstić information content (AvgIpc) is 2.87. The highest BCUT2D eigenvalue weighted by atomic mass is 35.5. The summed E-state index contributed by atoms with van der Waals surface area (Å²) in [6.07, 6.45) is 1.71. The van der Waals surface area contributed by atoms with Crippen LogP contribution in [0.15, 0.2) is 48.5 Å². The fourth-order valence-corrected chi connectivity index (χ4v) is 4.01. The number of rotatable bonds is 13. The molecular formula is C27H33ClN2O6. The number of Topliss-reactive ketones (excluding diaryl/α,β-unsaturated/α-hetero) is 2. The van der Waals surface area contributed by atoms with Gasteiger partial charge in [0.25, 0.3) is 0 Å². The summed E-state index contributed by atoms with van der Waals surface area (Å²) in [5.74, 6) is 0.184. The molecule has 0 aromatic heterocycles. The van der Waals surface area contributed by atoms with Gasteiger partial charge in [0.1, 0.15) is 17.2 Å². The summed E-state index contributed by atoms with van der Waals surface area (Å²) >= 11 is 6.00. The standard InChI is InChI=1S/C27H33ClN2O6/c1-4-7-16-29(17-8-5-2)30(27(33)34-6-3)23-24(31)25(32)26(23)36-21-14-12-20(13-15-21)35-22-11-9-10-19(28)18-22/h9-15,18,23,26H,4-8,16-17H2,1-3H3. The van der Waals surface area contributed by atoms with Gasteiger partial charge in [-0.25, -0.2) is 14.8 Å². The lowest BCUT2D eigenvalue weighted by atomic mass is 9.85. The van der Waals surface area contributed by atoms with Gasteiger partial charge in [-0.15, -0.1) is 0 Å². The Morgan fingerprint density at radius 2 is 1.53 bits per heavy atom. The van der Waals surface area contributed by atoms with E-state index in [1.165, 1.54) is 5.01 Å². The second-order valence-corrected chi connectivity index (χ2v) is 8.88. The van der Waals surface area contributed by atoms with Crippen molar-refractivity contribution in [2.24, 2.45) is 0 Å². The fourth-order valence-electron chi connectivity index (χ4n) is 3.83. The van der Waals surface area contributed by atoms with Crippen molar-refractivity contribution in [3.8, 4) is 17.2 Å². The summed E-state index contributed by atoms with van der Waals surface area (Å²) < 4.78 is 17.0. The minimum atomic E-state index is -1.12. The van der Waals surface area contributed by atoms with Crippen LogP contribution in [0.5, 0.6) is 17.2 Å². The Kier molecular flexibility index (Phi) is 10.1. The van der Waals surface area contributed by atoms with Crippen LogP contribution in [0, 0.1) is 0 Å². The third-order valence-corrected chi connectivity index (χ3v) is 5.97. The summed E-state index contributed by atoms with van der Waals surface area (Å²) in [6, 6.07) is 12.6. The van der Waals surface area contributed by atoms with Gasteiger partial charge in [-0.05, 0) is 62.2 Å². The van der Waals surface area contributed by atoms with Gasteiger partial charge in [0.15, 0.2) is 12.1 Å². The van der Waals surface area contributed by atoms with Gasteiger partial charge < -0.3 is 14.2 Å². The molecule has 1 amide bonds. The maximum Gasteiger partial charge on any atom is 0.425 e. The Bertz CT molecular complexity index is 1040. The lowest BCUT2D eigenvalue weighted by Gasteiger charge is -2.44. The molecule has 0 heterocycles. The van der Waals surface area contributed by atoms with Crippen LogP contribution >= 0.6 is 11.6 Å². The molecule has 0 spiro atoms. The quantitative estimate of drug-likeness (QED) is 0.250. The van der Waals surface area contributed by atoms with Gasteiger partial charge >= 0.3 is 6.09 Å². The number of carbonyl (C=O) groups is 3. The molecule has 0 aliphatic heterocycles. The molecule has 1 aliphatic rings. The number of ketones is 2. The van der Waals surface area contributed by atoms with E-state index < -0.39 is 29.8 Å². The molecular weight excluding hydrogens is 484 g/mol. The Morgan fingerprint density at radius 3 is 2.11 bits per heavy atom. The van der Waals surface area contributed by atoms with Gasteiger partial charge in [0, 0.05) is 18.1 Å². The zero-order valence-electron chi connectivity index (χ0n) is 20.9. The van der Waals surface area contributed by atoms with Crippen molar-refractivity contribution in [2.45, 2.75) is 58.6 Å². The lowest BCUT2D eigenvalue weighted by molar-refractivity contribution is -0.168. The van der Waals surface area contributed by atoms with Gasteiger partial charge in [-0.2, -0.15) is 0 Å². The van der Waals surface area contributed by atoms with E-state index in [2.05, 4.69) is 13.8 Å². The molecule has 194 valence electrons. The molecule has 0 bridgehead atoms. The van der Waals surface area contributed by atoms with E-state index in [1.54, 1.807) is 55.5 Å². The van der Waals surface area contributed by atoms with Crippen LogP contribution in [0.25, 0.3) is 0 Å². The molecule has 2 unspecified atom stereocenters. The monoisotopic (exact) mass is 516 g/mol. The van der Waals surface area contributed by atoms with E-state index in [1.807, 2.05) is 5.01 Å². The third kappa shape index (κ3) is 6.77. The third-order valence-electron chi connectivity index (χ3n) is 5.74. The first-order chi connectivity index (χ1) is 17.4. The van der Waals surface area contributed by atoms with Gasteiger partial charge in [0.2, 0.25) is 11.6 Å². The van der Waals surface area contributed by atoms with Crippen LogP contribution in [0.4, 0.5) is 4.79 Å². The summed E-state index contributed by atoms with van der Waals surface area (Å²) in [4.78, 5) is 38.2. The fraction of sp³-hybridized carbons (Fsp3) is 0.444. The van der Waals surface area contributed by atoms with Crippen molar-refractivity contribution in [1.29, 1.82) is 0 Å². The number of benzene rings is 2. The number of ether oxygens (including phenoxy) is 3. The molecule has 2 atom stereocenters. The number of hydrazine groups is 1. The van der Waals surface area contributed by atoms with Gasteiger partial charge in [-0.1, -0.05) is 44.4 Å². The Hall–Kier alpha value is -3.10. The van der Waals surface area contributed by atoms with E-state index >= 15 is 0 Å². The van der Waals surface area contributed by atoms with Crippen molar-refractivity contribution >= 4 is 29.3 Å². The number of unbranched alkanes of at least 4 members (excludes halogenated alkanes) is 2. The summed E-state index contributed by atoms with van der Waals surface area (Å²) in [5.41, 5.74) is 0. The molecule has 2 aromatic rings. The topological polar surface area (TPSA) is 85.4 Å². The molecule has 1 aliphatic carbocycles. The van der Waals surface area contributed by atoms with Crippen molar-refractivity contribution < 1.29 is 28.6 Å². The Balaban J connectivity index is 1.78. The minimum Gasteiger partial charge on any atom is -0.479 e. The van der Waals surface area contributed by atoms with Crippen molar-refractivity contribution in [1.82, 2.24) is 10.0 Å². The van der Waals surface area contributed by atoms with Crippen molar-refractivity contribution in [3.05, 3.63) is 53.6 Å². The number of nitrogens with zero attached hydrogens (tertiary/aromatic N) is 2. The van der Waals surface area contributed by atoms with E-state index in [9.17, 15) is 14.4 Å². The highest BCUT2D eigenvalue weighted by molar-refractivity contribution is 6.49. The Labute approximate surface area is 217 Å². The highest BCUT2D eigenvalue weighted by Gasteiger charge is 2.57. The molecule has 36 heavy (non-hydrogen) atoms. The number of halogens is 1. The first-order valence-electron chi connectivity index (χ1n) is 12.4. The van der Waals surface area contributed by atoms with Gasteiger partial charge in [-0.3, -0.25) is 9.59 Å². The van der Waals surface area contributed by atoms with Crippen LogP contribution in [-0.2, 0) is 14.3 Å². The van der Waals surface area contributed by atoms with Gasteiger partial charge in [0.05, 0.1) is 6.61 Å². The number of hydrogen-bond acceptors (Lipinski definition) is 7. The minimum absolute atomic E-state index is 0.152. The molecule has 8 nitrogen and oxygen atoms in total. The molecule has 1 fully saturated rings. The van der Waals surface area contributed by atoms with Crippen LogP contribution < -0.4 is 9.47 Å². The van der Waals surface area contributed by atoms with Crippen LogP contribution in [0.2, 0.25) is 5.02 Å². The first kappa shape index (κ1) is 27.5. The molecule has 0 radical (unpaired) electrons. The molecule has 0 saturated heterocycles. The summed E-state index contributed by atoms with van der Waals surface area (Å²) in [7, 11) is 0. The van der Waals surface area contributed by atoms with Crippen LogP contribution in [0.3, 0.4) is 0 Å². The van der Waals surface area contributed by atoms with Crippen LogP contribution in [-0.4, -0.2) is 59.5 Å². The first-order valence-corrected chi connectivity index (χ1v) is 12.8. The number of hydrogen-bond donors (Lipinski definition) is 0. The second-order valence-electron chi connectivity index (χ2n) is 8.45. The maximum absolute atomic E-state index is 13.0. The van der Waals surface area contributed by atoms with E-state index in [4.69, 9.17) is 25.8 Å². The van der Waals surface area contributed by atoms with Crippen LogP contribution in [0.1, 0.15) is 46.5 Å². The van der Waals surface area contributed by atoms with Crippen molar-refractivity contribution in [2.75, 3.05) is 19.7 Å². The van der Waals surface area contributed by atoms with E-state index in [-0.39, 0.29) is 6.61 Å². The number of carbonyl (C=O) groups excluding carboxylic acids is 3. The second kappa shape index (κ2) is 13.3. The smallest absolute Gasteiger partial charge is 0.425 e. The summed E-state index contributed by atoms with van der Waals surface area (Å²) in [5, 5.41) is 3.67. The summed E-state index contributed by atoms with van der Waals surface area (Å²) in [6.45, 7) is 7.09. The van der Waals surface area contributed by atoms with Crippen molar-refractivity contribution in [3.63, 3.8) is 0 Å². The Morgan fingerprint density at radius 1 is 0.889 bits per heavy atom. The van der Waals surface area contributed by atoms with E-state index in [0.29, 0.717) is 35.4 Å². The molecule has 1 saturated carbocycles. The maximum atomic E-state index is 13.0. The zero-order chi connectivity index (χ0) is 26.1. The normalized spacial score (nSPS) is 17.0. The average molecular weight is 517 g/mol. The molecule has 9 heteroatoms. The predicted octanol–water partition coefficient (Wildman–Crippen LogP) is 5.68. The lowest BCUT2D eigenvalue weighted by Crippen LogP contribution is -2.71. The highest BCUT2D eigenvalue weighted by Crippen LogP contribution is 2.30. The predicted molar refractivity (Wildman–Crippen MR) is 136 cm³/mol. The van der Waals surface area contributed by atoms with E-state index in [0.717, 1.165) is 25.7 Å². The largest absolute Gasteiger partial charge is 0.479 e. The molecule has 2 aromatic carbocycles. The zero-order valence-corrected chi connectivity index (χ0v) is 21.7.